The van der Waals surface area contributed by atoms with Crippen LogP contribution < -0.4 is 0 Å². The molecule has 1 unspecified atom stereocenters. The monoisotopic (exact) mass is 345 g/mol. The third kappa shape index (κ3) is 3.23. The van der Waals surface area contributed by atoms with Gasteiger partial charge in [0, 0.05) is 5.02 Å². The average Bonchev–Trinajstić information content (AvgIpc) is 2.88. The molecule has 122 valence electrons. The first-order valence-corrected chi connectivity index (χ1v) is 7.45. The summed E-state index contributed by atoms with van der Waals surface area (Å²) in [5.41, 5.74) is 1.17. The highest BCUT2D eigenvalue weighted by atomic mass is 35.5. The highest BCUT2D eigenvalue weighted by molar-refractivity contribution is 6.30. The van der Waals surface area contributed by atoms with E-state index in [1.807, 2.05) is 6.07 Å². The molecule has 2 aromatic carbocycles. The van der Waals surface area contributed by atoms with E-state index in [0.29, 0.717) is 15.5 Å². The van der Waals surface area contributed by atoms with Crippen LogP contribution in [0.15, 0.2) is 54.6 Å². The molecular formula is C17H12ClNO5. The zero-order chi connectivity index (χ0) is 17.1. The Bertz CT molecular complexity index is 775. The van der Waals surface area contributed by atoms with Gasteiger partial charge in [-0.15, -0.1) is 0 Å². The van der Waals surface area contributed by atoms with E-state index in [0.717, 1.165) is 5.56 Å². The largest absolute Gasteiger partial charge is 0.444 e. The SMILES string of the molecule is O=C1OC(=O)N(C(=O)OCc2ccccc2)C1c1ccc(Cl)cc1. The number of nitrogens with zero attached hydrogens (tertiary/aromatic N) is 1. The Morgan fingerprint density at radius 3 is 2.42 bits per heavy atom. The summed E-state index contributed by atoms with van der Waals surface area (Å²) in [7, 11) is 0. The lowest BCUT2D eigenvalue weighted by molar-refractivity contribution is -0.136. The van der Waals surface area contributed by atoms with Crippen molar-refractivity contribution in [2.45, 2.75) is 12.6 Å². The Balaban J connectivity index is 1.78. The van der Waals surface area contributed by atoms with Crippen LogP contribution in [-0.4, -0.2) is 23.1 Å². The minimum absolute atomic E-state index is 0.0228. The summed E-state index contributed by atoms with van der Waals surface area (Å²) in [4.78, 5) is 36.7. The van der Waals surface area contributed by atoms with Crippen LogP contribution in [0.2, 0.25) is 5.02 Å². The standard InChI is InChI=1S/C17H12ClNO5/c18-13-8-6-12(7-9-13)14-15(20)24-17(22)19(14)16(21)23-10-11-4-2-1-3-5-11/h1-9,14H,10H2. The number of carbonyl (C=O) groups is 3. The molecule has 0 radical (unpaired) electrons. The van der Waals surface area contributed by atoms with Crippen LogP contribution in [0, 0.1) is 0 Å². The molecule has 1 saturated heterocycles. The Labute approximate surface area is 142 Å². The number of hydrogen-bond acceptors (Lipinski definition) is 5. The maximum atomic E-state index is 12.2. The Hall–Kier alpha value is -2.86. The summed E-state index contributed by atoms with van der Waals surface area (Å²) in [6.07, 6.45) is -2.01. The Kier molecular flexibility index (Phi) is 4.48. The van der Waals surface area contributed by atoms with Crippen molar-refractivity contribution in [3.63, 3.8) is 0 Å². The van der Waals surface area contributed by atoms with Crippen LogP contribution in [0.1, 0.15) is 17.2 Å². The second-order valence-electron chi connectivity index (χ2n) is 5.05. The third-order valence-corrected chi connectivity index (χ3v) is 3.71. The zero-order valence-electron chi connectivity index (χ0n) is 12.3. The molecule has 0 N–H and O–H groups in total. The van der Waals surface area contributed by atoms with Crippen molar-refractivity contribution in [2.75, 3.05) is 0 Å². The molecule has 6 nitrogen and oxygen atoms in total. The van der Waals surface area contributed by atoms with Gasteiger partial charge in [0.1, 0.15) is 6.61 Å². The number of halogens is 1. The fourth-order valence-corrected chi connectivity index (χ4v) is 2.43. The summed E-state index contributed by atoms with van der Waals surface area (Å²) in [5.74, 6) is -0.834. The van der Waals surface area contributed by atoms with E-state index in [-0.39, 0.29) is 6.61 Å². The van der Waals surface area contributed by atoms with Crippen LogP contribution in [0.4, 0.5) is 9.59 Å². The summed E-state index contributed by atoms with van der Waals surface area (Å²) in [6, 6.07) is 14.0. The molecule has 0 spiro atoms. The Morgan fingerprint density at radius 1 is 1.08 bits per heavy atom. The van der Waals surface area contributed by atoms with Crippen molar-refractivity contribution in [1.29, 1.82) is 0 Å². The molecule has 1 atom stereocenters. The number of carbonyl (C=O) groups excluding carboxylic acids is 3. The van der Waals surface area contributed by atoms with Gasteiger partial charge < -0.3 is 9.47 Å². The molecule has 1 aliphatic rings. The predicted octanol–water partition coefficient (Wildman–Crippen LogP) is 3.70. The molecule has 0 aromatic heterocycles. The fraction of sp³-hybridized carbons (Fsp3) is 0.118. The summed E-state index contributed by atoms with van der Waals surface area (Å²) < 4.78 is 9.67. The zero-order valence-corrected chi connectivity index (χ0v) is 13.1. The van der Waals surface area contributed by atoms with Crippen LogP contribution in [0.25, 0.3) is 0 Å². The molecule has 2 amide bonds. The van der Waals surface area contributed by atoms with E-state index in [2.05, 4.69) is 4.74 Å². The third-order valence-electron chi connectivity index (χ3n) is 3.45. The number of esters is 1. The number of benzene rings is 2. The smallest absolute Gasteiger partial charge is 0.428 e. The average molecular weight is 346 g/mol. The minimum atomic E-state index is -1.18. The van der Waals surface area contributed by atoms with Gasteiger partial charge in [-0.3, -0.25) is 0 Å². The van der Waals surface area contributed by atoms with Gasteiger partial charge in [-0.05, 0) is 23.3 Å². The van der Waals surface area contributed by atoms with E-state index in [1.165, 1.54) is 0 Å². The maximum Gasteiger partial charge on any atom is 0.428 e. The topological polar surface area (TPSA) is 72.9 Å². The number of ether oxygens (including phenoxy) is 2. The first-order chi connectivity index (χ1) is 11.6. The van der Waals surface area contributed by atoms with Crippen molar-refractivity contribution in [3.8, 4) is 0 Å². The molecule has 24 heavy (non-hydrogen) atoms. The normalized spacial score (nSPS) is 16.9. The lowest BCUT2D eigenvalue weighted by Crippen LogP contribution is -2.35. The van der Waals surface area contributed by atoms with Crippen LogP contribution in [0.3, 0.4) is 0 Å². The Morgan fingerprint density at radius 2 is 1.75 bits per heavy atom. The van der Waals surface area contributed by atoms with Crippen molar-refractivity contribution < 1.29 is 23.9 Å². The number of imide groups is 1. The summed E-state index contributed by atoms with van der Waals surface area (Å²) in [6.45, 7) is -0.0228. The van der Waals surface area contributed by atoms with Gasteiger partial charge in [-0.25, -0.2) is 14.4 Å². The van der Waals surface area contributed by atoms with Crippen LogP contribution in [-0.2, 0) is 20.9 Å². The van der Waals surface area contributed by atoms with Gasteiger partial charge in [0.05, 0.1) is 0 Å². The molecule has 0 aliphatic carbocycles. The van der Waals surface area contributed by atoms with Crippen molar-refractivity contribution in [2.24, 2.45) is 0 Å². The van der Waals surface area contributed by atoms with E-state index in [9.17, 15) is 14.4 Å². The van der Waals surface area contributed by atoms with Gasteiger partial charge in [0.25, 0.3) is 0 Å². The minimum Gasteiger partial charge on any atom is -0.444 e. The molecule has 1 fully saturated rings. The van der Waals surface area contributed by atoms with Crippen LogP contribution in [0.5, 0.6) is 0 Å². The predicted molar refractivity (Wildman–Crippen MR) is 84.1 cm³/mol. The number of amides is 2. The van der Waals surface area contributed by atoms with Crippen molar-refractivity contribution >= 4 is 29.8 Å². The van der Waals surface area contributed by atoms with E-state index < -0.39 is 24.2 Å². The molecule has 0 bridgehead atoms. The van der Waals surface area contributed by atoms with Gasteiger partial charge >= 0.3 is 18.2 Å². The lowest BCUT2D eigenvalue weighted by atomic mass is 10.1. The van der Waals surface area contributed by atoms with Gasteiger partial charge in [0.15, 0.2) is 6.04 Å². The van der Waals surface area contributed by atoms with Crippen LogP contribution >= 0.6 is 11.6 Å². The number of rotatable bonds is 3. The first-order valence-electron chi connectivity index (χ1n) is 7.07. The molecule has 2 aromatic rings. The summed E-state index contributed by atoms with van der Waals surface area (Å²) >= 11 is 5.81. The molecular weight excluding hydrogens is 334 g/mol. The number of cyclic esters (lactones) is 2. The highest BCUT2D eigenvalue weighted by Crippen LogP contribution is 2.30. The van der Waals surface area contributed by atoms with E-state index in [4.69, 9.17) is 16.3 Å². The first kappa shape index (κ1) is 16.0. The summed E-state index contributed by atoms with van der Waals surface area (Å²) in [5, 5.41) is 0.467. The van der Waals surface area contributed by atoms with Gasteiger partial charge in [0.2, 0.25) is 0 Å². The molecule has 7 heteroatoms. The van der Waals surface area contributed by atoms with Crippen molar-refractivity contribution in [1.82, 2.24) is 4.90 Å². The fourth-order valence-electron chi connectivity index (χ4n) is 2.30. The van der Waals surface area contributed by atoms with Crippen molar-refractivity contribution in [3.05, 3.63) is 70.7 Å². The quantitative estimate of drug-likeness (QED) is 0.626. The van der Waals surface area contributed by atoms with Gasteiger partial charge in [-0.2, -0.15) is 4.90 Å². The second-order valence-corrected chi connectivity index (χ2v) is 5.49. The maximum absolute atomic E-state index is 12.2. The molecule has 3 rings (SSSR count). The van der Waals surface area contributed by atoms with E-state index >= 15 is 0 Å². The van der Waals surface area contributed by atoms with Gasteiger partial charge in [-0.1, -0.05) is 54.1 Å². The molecule has 1 aliphatic heterocycles. The second kappa shape index (κ2) is 6.72. The van der Waals surface area contributed by atoms with E-state index in [1.54, 1.807) is 48.5 Å². The lowest BCUT2D eigenvalue weighted by Gasteiger charge is -2.18. The molecule has 0 saturated carbocycles. The number of hydrogen-bond donors (Lipinski definition) is 0. The molecule has 1 heterocycles. The highest BCUT2D eigenvalue weighted by Gasteiger charge is 2.47.